The summed E-state index contributed by atoms with van der Waals surface area (Å²) < 4.78 is 28.3. The van der Waals surface area contributed by atoms with E-state index < -0.39 is 10.0 Å². The molecule has 0 amide bonds. The Kier molecular flexibility index (Phi) is 4.25. The predicted octanol–water partition coefficient (Wildman–Crippen LogP) is 2.02. The van der Waals surface area contributed by atoms with Crippen molar-refractivity contribution in [1.82, 2.24) is 14.1 Å². The number of nitrogens with zero attached hydrogens (tertiary/aromatic N) is 3. The Morgan fingerprint density at radius 2 is 1.90 bits per heavy atom. The SMILES string of the molecule is CC(C)N(Cc1ccccc1)S(=O)(=O)c1cnn(C)c1. The van der Waals surface area contributed by atoms with Crippen LogP contribution in [0.3, 0.4) is 0 Å². The second kappa shape index (κ2) is 5.76. The Bertz CT molecular complexity index is 663. The molecule has 0 radical (unpaired) electrons. The maximum Gasteiger partial charge on any atom is 0.246 e. The van der Waals surface area contributed by atoms with Crippen molar-refractivity contribution in [1.29, 1.82) is 0 Å². The Labute approximate surface area is 119 Å². The molecule has 0 unspecified atom stereocenters. The van der Waals surface area contributed by atoms with Gasteiger partial charge in [-0.2, -0.15) is 9.40 Å². The van der Waals surface area contributed by atoms with Crippen LogP contribution < -0.4 is 0 Å². The van der Waals surface area contributed by atoms with Gasteiger partial charge < -0.3 is 0 Å². The van der Waals surface area contributed by atoms with Crippen LogP contribution in [0.25, 0.3) is 0 Å². The first-order valence-corrected chi connectivity index (χ1v) is 7.89. The van der Waals surface area contributed by atoms with Crippen molar-refractivity contribution >= 4 is 10.0 Å². The molecule has 0 N–H and O–H groups in total. The highest BCUT2D eigenvalue weighted by Gasteiger charge is 2.28. The van der Waals surface area contributed by atoms with Crippen LogP contribution in [0, 0.1) is 0 Å². The number of sulfonamides is 1. The molecule has 0 atom stereocenters. The molecule has 0 aliphatic heterocycles. The molecular weight excluding hydrogens is 274 g/mol. The quantitative estimate of drug-likeness (QED) is 0.847. The van der Waals surface area contributed by atoms with Crippen LogP contribution in [0.1, 0.15) is 19.4 Å². The molecule has 5 nitrogen and oxygen atoms in total. The predicted molar refractivity (Wildman–Crippen MR) is 77.5 cm³/mol. The first kappa shape index (κ1) is 14.7. The molecule has 1 aromatic heterocycles. The van der Waals surface area contributed by atoms with Crippen LogP contribution in [0.15, 0.2) is 47.6 Å². The lowest BCUT2D eigenvalue weighted by molar-refractivity contribution is 0.348. The van der Waals surface area contributed by atoms with Gasteiger partial charge in [-0.05, 0) is 19.4 Å². The number of hydrogen-bond acceptors (Lipinski definition) is 3. The summed E-state index contributed by atoms with van der Waals surface area (Å²) in [5.41, 5.74) is 0.966. The maximum atomic E-state index is 12.7. The lowest BCUT2D eigenvalue weighted by Crippen LogP contribution is -2.36. The van der Waals surface area contributed by atoms with Gasteiger partial charge in [0.1, 0.15) is 4.90 Å². The molecule has 2 rings (SSSR count). The van der Waals surface area contributed by atoms with Gasteiger partial charge in [0.25, 0.3) is 0 Å². The van der Waals surface area contributed by atoms with Gasteiger partial charge >= 0.3 is 0 Å². The summed E-state index contributed by atoms with van der Waals surface area (Å²) >= 11 is 0. The molecule has 0 saturated carbocycles. The second-order valence-electron chi connectivity index (χ2n) is 4.98. The molecule has 108 valence electrons. The van der Waals surface area contributed by atoms with E-state index in [1.54, 1.807) is 7.05 Å². The summed E-state index contributed by atoms with van der Waals surface area (Å²) in [4.78, 5) is 0.227. The van der Waals surface area contributed by atoms with Crippen LogP contribution >= 0.6 is 0 Å². The van der Waals surface area contributed by atoms with Gasteiger partial charge in [0, 0.05) is 25.8 Å². The van der Waals surface area contributed by atoms with Crippen LogP contribution in [0.4, 0.5) is 0 Å². The minimum atomic E-state index is -3.53. The fourth-order valence-corrected chi connectivity index (χ4v) is 3.59. The highest BCUT2D eigenvalue weighted by molar-refractivity contribution is 7.89. The lowest BCUT2D eigenvalue weighted by Gasteiger charge is -2.25. The molecule has 6 heteroatoms. The summed E-state index contributed by atoms with van der Waals surface area (Å²) in [5, 5.41) is 3.94. The van der Waals surface area contributed by atoms with Crippen molar-refractivity contribution in [3.05, 3.63) is 48.3 Å². The van der Waals surface area contributed by atoms with E-state index in [1.165, 1.54) is 21.4 Å². The third-order valence-electron chi connectivity index (χ3n) is 3.04. The standard InChI is InChI=1S/C14H19N3O2S/c1-12(2)17(10-13-7-5-4-6-8-13)20(18,19)14-9-15-16(3)11-14/h4-9,11-12H,10H2,1-3H3. The molecule has 20 heavy (non-hydrogen) atoms. The van der Waals surface area contributed by atoms with Crippen LogP contribution in [-0.4, -0.2) is 28.5 Å². The third kappa shape index (κ3) is 3.08. The largest absolute Gasteiger partial charge is 0.274 e. The minimum absolute atomic E-state index is 0.125. The van der Waals surface area contributed by atoms with Gasteiger partial charge in [-0.1, -0.05) is 30.3 Å². The van der Waals surface area contributed by atoms with Crippen LogP contribution in [0.2, 0.25) is 0 Å². The fraction of sp³-hybridized carbons (Fsp3) is 0.357. The van der Waals surface area contributed by atoms with Crippen LogP contribution in [-0.2, 0) is 23.6 Å². The summed E-state index contributed by atoms with van der Waals surface area (Å²) in [6.07, 6.45) is 2.91. The average molecular weight is 293 g/mol. The summed E-state index contributed by atoms with van der Waals surface area (Å²) in [6.45, 7) is 4.10. The third-order valence-corrected chi connectivity index (χ3v) is 5.02. The summed E-state index contributed by atoms with van der Waals surface area (Å²) in [6, 6.07) is 9.45. The Morgan fingerprint density at radius 3 is 2.40 bits per heavy atom. The number of aromatic nitrogens is 2. The average Bonchev–Trinajstić information content (AvgIpc) is 2.84. The van der Waals surface area contributed by atoms with Gasteiger partial charge in [0.15, 0.2) is 0 Å². The van der Waals surface area contributed by atoms with E-state index in [-0.39, 0.29) is 10.9 Å². The van der Waals surface area contributed by atoms with E-state index >= 15 is 0 Å². The monoisotopic (exact) mass is 293 g/mol. The number of rotatable bonds is 5. The normalized spacial score (nSPS) is 12.2. The van der Waals surface area contributed by atoms with Gasteiger partial charge in [-0.25, -0.2) is 8.42 Å². The molecule has 0 fully saturated rings. The van der Waals surface area contributed by atoms with Crippen molar-refractivity contribution in [3.63, 3.8) is 0 Å². The highest BCUT2D eigenvalue weighted by Crippen LogP contribution is 2.20. The van der Waals surface area contributed by atoms with E-state index in [1.807, 2.05) is 44.2 Å². The topological polar surface area (TPSA) is 55.2 Å². The molecule has 0 spiro atoms. The minimum Gasteiger partial charge on any atom is -0.274 e. The molecule has 1 heterocycles. The second-order valence-corrected chi connectivity index (χ2v) is 6.87. The van der Waals surface area contributed by atoms with Crippen molar-refractivity contribution in [2.24, 2.45) is 7.05 Å². The van der Waals surface area contributed by atoms with Crippen molar-refractivity contribution in [2.75, 3.05) is 0 Å². The van der Waals surface area contributed by atoms with E-state index in [0.29, 0.717) is 6.54 Å². The number of hydrogen-bond donors (Lipinski definition) is 0. The first-order chi connectivity index (χ1) is 9.41. The Hall–Kier alpha value is -1.66. The highest BCUT2D eigenvalue weighted by atomic mass is 32.2. The summed E-state index contributed by atoms with van der Waals surface area (Å²) in [5.74, 6) is 0. The smallest absolute Gasteiger partial charge is 0.246 e. The lowest BCUT2D eigenvalue weighted by atomic mass is 10.2. The molecule has 0 bridgehead atoms. The molecule has 0 saturated heterocycles. The van der Waals surface area contributed by atoms with E-state index in [9.17, 15) is 8.42 Å². The van der Waals surface area contributed by atoms with Crippen LogP contribution in [0.5, 0.6) is 0 Å². The zero-order valence-corrected chi connectivity index (χ0v) is 12.7. The zero-order chi connectivity index (χ0) is 14.8. The molecule has 0 aliphatic rings. The maximum absolute atomic E-state index is 12.7. The Morgan fingerprint density at radius 1 is 1.25 bits per heavy atom. The van der Waals surface area contributed by atoms with Gasteiger partial charge in [0.05, 0.1) is 6.20 Å². The van der Waals surface area contributed by atoms with Gasteiger partial charge in [0.2, 0.25) is 10.0 Å². The number of aryl methyl sites for hydroxylation is 1. The van der Waals surface area contributed by atoms with Gasteiger partial charge in [-0.15, -0.1) is 0 Å². The molecular formula is C14H19N3O2S. The van der Waals surface area contributed by atoms with E-state index in [4.69, 9.17) is 0 Å². The van der Waals surface area contributed by atoms with E-state index in [2.05, 4.69) is 5.10 Å². The zero-order valence-electron chi connectivity index (χ0n) is 11.9. The van der Waals surface area contributed by atoms with Gasteiger partial charge in [-0.3, -0.25) is 4.68 Å². The first-order valence-electron chi connectivity index (χ1n) is 6.45. The van der Waals surface area contributed by atoms with Crippen molar-refractivity contribution in [2.45, 2.75) is 31.3 Å². The van der Waals surface area contributed by atoms with Crippen molar-refractivity contribution in [3.8, 4) is 0 Å². The van der Waals surface area contributed by atoms with E-state index in [0.717, 1.165) is 5.56 Å². The number of benzene rings is 1. The Balaban J connectivity index is 2.33. The van der Waals surface area contributed by atoms with Crippen molar-refractivity contribution < 1.29 is 8.42 Å². The fourth-order valence-electron chi connectivity index (χ4n) is 1.98. The summed E-state index contributed by atoms with van der Waals surface area (Å²) in [7, 11) is -1.82. The molecule has 0 aliphatic carbocycles. The molecule has 2 aromatic rings. The molecule has 1 aromatic carbocycles.